The first-order chi connectivity index (χ1) is 8.91. The highest BCUT2D eigenvalue weighted by Crippen LogP contribution is 2.20. The van der Waals surface area contributed by atoms with E-state index in [0.29, 0.717) is 11.4 Å². The van der Waals surface area contributed by atoms with Crippen molar-refractivity contribution >= 4 is 21.4 Å². The normalized spacial score (nSPS) is 12.0. The van der Waals surface area contributed by atoms with Crippen molar-refractivity contribution in [1.29, 1.82) is 0 Å². The number of benzene rings is 1. The molecule has 0 saturated heterocycles. The molecule has 4 nitrogen and oxygen atoms in total. The van der Waals surface area contributed by atoms with Crippen molar-refractivity contribution in [2.75, 3.05) is 7.05 Å². The number of sulfonamides is 1. The largest absolute Gasteiger partial charge is 0.248 e. The molecule has 0 bridgehead atoms. The van der Waals surface area contributed by atoms with Gasteiger partial charge in [-0.05, 0) is 37.1 Å². The molecule has 0 aliphatic heterocycles. The lowest BCUT2D eigenvalue weighted by Crippen LogP contribution is -2.26. The molecule has 0 spiro atoms. The van der Waals surface area contributed by atoms with Crippen LogP contribution in [0.2, 0.25) is 0 Å². The molecule has 0 radical (unpaired) electrons. The van der Waals surface area contributed by atoms with Crippen LogP contribution in [0.3, 0.4) is 0 Å². The number of hydrogen-bond donors (Lipinski definition) is 0. The number of nitrogens with zero attached hydrogens (tertiary/aromatic N) is 2. The standard InChI is InChI=1S/C13H16N2O2S2/c1-10-4-5-12(8-11(10)2)19(16,17)15(3)9-13-14-6-7-18-13/h4-8H,9H2,1-3H3. The molecule has 2 rings (SSSR count). The lowest BCUT2D eigenvalue weighted by atomic mass is 10.1. The van der Waals surface area contributed by atoms with Gasteiger partial charge in [-0.1, -0.05) is 6.07 Å². The summed E-state index contributed by atoms with van der Waals surface area (Å²) in [7, 11) is -1.88. The van der Waals surface area contributed by atoms with Crippen molar-refractivity contribution in [2.45, 2.75) is 25.3 Å². The van der Waals surface area contributed by atoms with Crippen LogP contribution >= 0.6 is 11.3 Å². The molecule has 19 heavy (non-hydrogen) atoms. The molecule has 1 aromatic heterocycles. The smallest absolute Gasteiger partial charge is 0.243 e. The zero-order valence-electron chi connectivity index (χ0n) is 11.1. The summed E-state index contributed by atoms with van der Waals surface area (Å²) in [5.41, 5.74) is 2.06. The minimum absolute atomic E-state index is 0.299. The molecule has 0 fully saturated rings. The summed E-state index contributed by atoms with van der Waals surface area (Å²) in [5.74, 6) is 0. The first-order valence-corrected chi connectivity index (χ1v) is 8.15. The first-order valence-electron chi connectivity index (χ1n) is 5.83. The lowest BCUT2D eigenvalue weighted by Gasteiger charge is -2.16. The summed E-state index contributed by atoms with van der Waals surface area (Å²) in [4.78, 5) is 4.44. The fourth-order valence-electron chi connectivity index (χ4n) is 1.66. The summed E-state index contributed by atoms with van der Waals surface area (Å²) in [6.07, 6.45) is 1.68. The van der Waals surface area contributed by atoms with Crippen LogP contribution in [0, 0.1) is 13.8 Å². The van der Waals surface area contributed by atoms with Crippen LogP contribution in [-0.4, -0.2) is 24.8 Å². The highest BCUT2D eigenvalue weighted by molar-refractivity contribution is 7.89. The zero-order valence-corrected chi connectivity index (χ0v) is 12.8. The second-order valence-corrected chi connectivity index (χ2v) is 7.46. The molecule has 6 heteroatoms. The number of aryl methyl sites for hydroxylation is 2. The van der Waals surface area contributed by atoms with Gasteiger partial charge in [0.15, 0.2) is 0 Å². The summed E-state index contributed by atoms with van der Waals surface area (Å²) in [5, 5.41) is 2.63. The minimum atomic E-state index is -3.45. The van der Waals surface area contributed by atoms with Crippen LogP contribution in [-0.2, 0) is 16.6 Å². The highest BCUT2D eigenvalue weighted by Gasteiger charge is 2.21. The van der Waals surface area contributed by atoms with E-state index in [1.165, 1.54) is 15.6 Å². The third-order valence-electron chi connectivity index (χ3n) is 3.03. The second kappa shape index (κ2) is 5.40. The Kier molecular flexibility index (Phi) is 4.03. The van der Waals surface area contributed by atoms with Gasteiger partial charge in [0.1, 0.15) is 5.01 Å². The van der Waals surface area contributed by atoms with Crippen molar-refractivity contribution in [3.8, 4) is 0 Å². The number of rotatable bonds is 4. The molecule has 0 unspecified atom stereocenters. The Morgan fingerprint density at radius 1 is 1.26 bits per heavy atom. The molecule has 1 aromatic carbocycles. The third kappa shape index (κ3) is 3.02. The molecular formula is C13H16N2O2S2. The SMILES string of the molecule is Cc1ccc(S(=O)(=O)N(C)Cc2nccs2)cc1C. The van der Waals surface area contributed by atoms with Gasteiger partial charge in [0.2, 0.25) is 10.0 Å². The van der Waals surface area contributed by atoms with Crippen molar-refractivity contribution in [1.82, 2.24) is 9.29 Å². The van der Waals surface area contributed by atoms with Gasteiger partial charge in [-0.3, -0.25) is 0 Å². The maximum absolute atomic E-state index is 12.4. The fourth-order valence-corrected chi connectivity index (χ4v) is 3.63. The van der Waals surface area contributed by atoms with Crippen LogP contribution in [0.15, 0.2) is 34.7 Å². The molecule has 102 valence electrons. The van der Waals surface area contributed by atoms with Crippen molar-refractivity contribution in [2.24, 2.45) is 0 Å². The van der Waals surface area contributed by atoms with Gasteiger partial charge >= 0.3 is 0 Å². The van der Waals surface area contributed by atoms with Crippen LogP contribution < -0.4 is 0 Å². The van der Waals surface area contributed by atoms with E-state index in [1.54, 1.807) is 25.4 Å². The molecule has 0 N–H and O–H groups in total. The maximum Gasteiger partial charge on any atom is 0.243 e. The van der Waals surface area contributed by atoms with E-state index in [9.17, 15) is 8.42 Å². The Morgan fingerprint density at radius 2 is 2.00 bits per heavy atom. The molecule has 1 heterocycles. The second-order valence-electron chi connectivity index (χ2n) is 4.43. The predicted octanol–water partition coefficient (Wildman–Crippen LogP) is 2.58. The van der Waals surface area contributed by atoms with Gasteiger partial charge in [0, 0.05) is 18.6 Å². The van der Waals surface area contributed by atoms with Crippen LogP contribution in [0.1, 0.15) is 16.1 Å². The van der Waals surface area contributed by atoms with E-state index in [1.807, 2.05) is 25.3 Å². The summed E-state index contributed by atoms with van der Waals surface area (Å²) < 4.78 is 26.2. The molecule has 2 aromatic rings. The molecular weight excluding hydrogens is 280 g/mol. The van der Waals surface area contributed by atoms with E-state index in [2.05, 4.69) is 4.98 Å². The van der Waals surface area contributed by atoms with Gasteiger partial charge in [0.25, 0.3) is 0 Å². The van der Waals surface area contributed by atoms with E-state index in [0.717, 1.165) is 16.1 Å². The molecule has 0 aliphatic rings. The third-order valence-corrected chi connectivity index (χ3v) is 5.59. The lowest BCUT2D eigenvalue weighted by molar-refractivity contribution is 0.466. The van der Waals surface area contributed by atoms with E-state index < -0.39 is 10.0 Å². The topological polar surface area (TPSA) is 50.3 Å². The minimum Gasteiger partial charge on any atom is -0.248 e. The van der Waals surface area contributed by atoms with Crippen molar-refractivity contribution in [3.63, 3.8) is 0 Å². The van der Waals surface area contributed by atoms with E-state index in [-0.39, 0.29) is 0 Å². The Hall–Kier alpha value is -1.24. The number of hydrogen-bond acceptors (Lipinski definition) is 4. The van der Waals surface area contributed by atoms with Crippen LogP contribution in [0.25, 0.3) is 0 Å². The quantitative estimate of drug-likeness (QED) is 0.871. The van der Waals surface area contributed by atoms with Gasteiger partial charge in [-0.2, -0.15) is 4.31 Å². The zero-order chi connectivity index (χ0) is 14.0. The van der Waals surface area contributed by atoms with E-state index in [4.69, 9.17) is 0 Å². The Balaban J connectivity index is 2.28. The number of aromatic nitrogens is 1. The molecule has 0 atom stereocenters. The summed E-state index contributed by atoms with van der Waals surface area (Å²) >= 11 is 1.45. The Labute approximate surface area is 117 Å². The van der Waals surface area contributed by atoms with Gasteiger partial charge < -0.3 is 0 Å². The van der Waals surface area contributed by atoms with E-state index >= 15 is 0 Å². The average Bonchev–Trinajstić information content (AvgIpc) is 2.85. The van der Waals surface area contributed by atoms with Crippen molar-refractivity contribution < 1.29 is 8.42 Å². The Bertz CT molecular complexity index is 664. The first kappa shape index (κ1) is 14.2. The maximum atomic E-state index is 12.4. The molecule has 0 aliphatic carbocycles. The Morgan fingerprint density at radius 3 is 2.58 bits per heavy atom. The van der Waals surface area contributed by atoms with Gasteiger partial charge in [-0.15, -0.1) is 11.3 Å². The average molecular weight is 296 g/mol. The van der Waals surface area contributed by atoms with Crippen molar-refractivity contribution in [3.05, 3.63) is 45.9 Å². The molecule has 0 saturated carbocycles. The van der Waals surface area contributed by atoms with Gasteiger partial charge in [0.05, 0.1) is 11.4 Å². The summed E-state index contributed by atoms with van der Waals surface area (Å²) in [6, 6.07) is 5.19. The number of thiazole rings is 1. The predicted molar refractivity (Wildman–Crippen MR) is 76.7 cm³/mol. The monoisotopic (exact) mass is 296 g/mol. The highest BCUT2D eigenvalue weighted by atomic mass is 32.2. The van der Waals surface area contributed by atoms with Crippen LogP contribution in [0.4, 0.5) is 0 Å². The molecule has 0 amide bonds. The fraction of sp³-hybridized carbons (Fsp3) is 0.308. The summed E-state index contributed by atoms with van der Waals surface area (Å²) in [6.45, 7) is 4.17. The van der Waals surface area contributed by atoms with Gasteiger partial charge in [-0.25, -0.2) is 13.4 Å². The van der Waals surface area contributed by atoms with Crippen LogP contribution in [0.5, 0.6) is 0 Å².